The quantitative estimate of drug-likeness (QED) is 0.805. The Balaban J connectivity index is 2.05. The standard InChI is InChI=1S/C18H29NO2/c1-3-16(15-9-5-6-10-17(15)21-2)19-13-18(14-20)11-7-4-8-12-18/h5-6,9-10,16,19-20H,3-4,7-8,11-14H2,1-2H3. The summed E-state index contributed by atoms with van der Waals surface area (Å²) in [6.45, 7) is 3.37. The molecule has 1 aromatic rings. The van der Waals surface area contributed by atoms with Crippen LogP contribution in [0.2, 0.25) is 0 Å². The third kappa shape index (κ3) is 3.98. The van der Waals surface area contributed by atoms with Crippen LogP contribution in [0.25, 0.3) is 0 Å². The summed E-state index contributed by atoms with van der Waals surface area (Å²) in [7, 11) is 1.72. The van der Waals surface area contributed by atoms with E-state index in [1.807, 2.05) is 12.1 Å². The van der Waals surface area contributed by atoms with Crippen LogP contribution >= 0.6 is 0 Å². The third-order valence-electron chi connectivity index (χ3n) is 4.90. The minimum atomic E-state index is 0.0771. The summed E-state index contributed by atoms with van der Waals surface area (Å²) in [6, 6.07) is 8.50. The van der Waals surface area contributed by atoms with Gasteiger partial charge in [-0.05, 0) is 25.3 Å². The van der Waals surface area contributed by atoms with E-state index in [1.165, 1.54) is 24.8 Å². The molecule has 0 spiro atoms. The van der Waals surface area contributed by atoms with E-state index in [2.05, 4.69) is 24.4 Å². The van der Waals surface area contributed by atoms with Crippen molar-refractivity contribution in [2.45, 2.75) is 51.5 Å². The average molecular weight is 291 g/mol. The van der Waals surface area contributed by atoms with E-state index in [9.17, 15) is 5.11 Å². The lowest BCUT2D eigenvalue weighted by Gasteiger charge is -2.37. The second-order valence-corrected chi connectivity index (χ2v) is 6.30. The number of benzene rings is 1. The van der Waals surface area contributed by atoms with Crippen LogP contribution in [-0.4, -0.2) is 25.4 Å². The van der Waals surface area contributed by atoms with Gasteiger partial charge in [-0.3, -0.25) is 0 Å². The van der Waals surface area contributed by atoms with Crippen LogP contribution in [0.4, 0.5) is 0 Å². The van der Waals surface area contributed by atoms with Crippen LogP contribution in [0, 0.1) is 5.41 Å². The molecule has 21 heavy (non-hydrogen) atoms. The smallest absolute Gasteiger partial charge is 0.123 e. The molecule has 0 aliphatic heterocycles. The molecular formula is C18H29NO2. The number of hydrogen-bond acceptors (Lipinski definition) is 3. The van der Waals surface area contributed by atoms with Gasteiger partial charge in [0.2, 0.25) is 0 Å². The molecule has 1 aliphatic rings. The van der Waals surface area contributed by atoms with Gasteiger partial charge >= 0.3 is 0 Å². The Bertz CT molecular complexity index is 427. The van der Waals surface area contributed by atoms with E-state index in [0.29, 0.717) is 6.61 Å². The number of ether oxygens (including phenoxy) is 1. The van der Waals surface area contributed by atoms with Crippen LogP contribution in [0.1, 0.15) is 57.1 Å². The highest BCUT2D eigenvalue weighted by Crippen LogP contribution is 2.36. The van der Waals surface area contributed by atoms with E-state index < -0.39 is 0 Å². The zero-order chi connectivity index (χ0) is 15.1. The fourth-order valence-electron chi connectivity index (χ4n) is 3.46. The van der Waals surface area contributed by atoms with Gasteiger partial charge < -0.3 is 15.2 Å². The van der Waals surface area contributed by atoms with E-state index in [1.54, 1.807) is 7.11 Å². The molecule has 0 saturated heterocycles. The summed E-state index contributed by atoms with van der Waals surface area (Å²) in [4.78, 5) is 0. The topological polar surface area (TPSA) is 41.5 Å². The van der Waals surface area contributed by atoms with Crippen molar-refractivity contribution in [3.05, 3.63) is 29.8 Å². The third-order valence-corrected chi connectivity index (χ3v) is 4.90. The van der Waals surface area contributed by atoms with E-state index in [4.69, 9.17) is 4.74 Å². The Labute approximate surface area is 128 Å². The van der Waals surface area contributed by atoms with Gasteiger partial charge in [-0.25, -0.2) is 0 Å². The number of methoxy groups -OCH3 is 1. The maximum atomic E-state index is 9.83. The van der Waals surface area contributed by atoms with Gasteiger partial charge in [-0.15, -0.1) is 0 Å². The first-order chi connectivity index (χ1) is 10.2. The van der Waals surface area contributed by atoms with Crippen LogP contribution < -0.4 is 10.1 Å². The largest absolute Gasteiger partial charge is 0.496 e. The van der Waals surface area contributed by atoms with Crippen LogP contribution in [0.15, 0.2) is 24.3 Å². The Morgan fingerprint density at radius 3 is 2.57 bits per heavy atom. The second-order valence-electron chi connectivity index (χ2n) is 6.30. The molecule has 1 unspecified atom stereocenters. The van der Waals surface area contributed by atoms with Gasteiger partial charge in [0.15, 0.2) is 0 Å². The maximum Gasteiger partial charge on any atom is 0.123 e. The minimum absolute atomic E-state index is 0.0771. The van der Waals surface area contributed by atoms with Gasteiger partial charge in [0.25, 0.3) is 0 Å². The molecule has 1 saturated carbocycles. The lowest BCUT2D eigenvalue weighted by molar-refractivity contribution is 0.0780. The predicted octanol–water partition coefficient (Wildman–Crippen LogP) is 3.68. The zero-order valence-electron chi connectivity index (χ0n) is 13.4. The molecule has 1 fully saturated rings. The van der Waals surface area contributed by atoms with Crippen molar-refractivity contribution in [2.75, 3.05) is 20.3 Å². The van der Waals surface area contributed by atoms with Crippen LogP contribution in [-0.2, 0) is 0 Å². The molecule has 1 aromatic carbocycles. The summed E-state index contributed by atoms with van der Waals surface area (Å²) in [5, 5.41) is 13.5. The minimum Gasteiger partial charge on any atom is -0.496 e. The predicted molar refractivity (Wildman–Crippen MR) is 86.6 cm³/mol. The summed E-state index contributed by atoms with van der Waals surface area (Å²) in [6.07, 6.45) is 7.09. The summed E-state index contributed by atoms with van der Waals surface area (Å²) in [5.41, 5.74) is 1.29. The number of para-hydroxylation sites is 1. The molecule has 0 heterocycles. The fraction of sp³-hybridized carbons (Fsp3) is 0.667. The molecule has 1 atom stereocenters. The molecule has 2 N–H and O–H groups in total. The first-order valence-corrected chi connectivity index (χ1v) is 8.22. The second kappa shape index (κ2) is 7.81. The Morgan fingerprint density at radius 2 is 1.95 bits per heavy atom. The van der Waals surface area contributed by atoms with Gasteiger partial charge in [0.05, 0.1) is 7.11 Å². The first kappa shape index (κ1) is 16.3. The molecule has 3 nitrogen and oxygen atoms in total. The number of hydrogen-bond donors (Lipinski definition) is 2. The molecule has 0 radical (unpaired) electrons. The molecule has 0 bridgehead atoms. The summed E-state index contributed by atoms with van der Waals surface area (Å²) in [5.74, 6) is 0.943. The molecule has 118 valence electrons. The van der Waals surface area contributed by atoms with Crippen LogP contribution in [0.5, 0.6) is 5.75 Å². The van der Waals surface area contributed by atoms with Crippen molar-refractivity contribution in [2.24, 2.45) is 5.41 Å². The molecule has 3 heteroatoms. The Kier molecular flexibility index (Phi) is 6.07. The fourth-order valence-corrected chi connectivity index (χ4v) is 3.46. The number of rotatable bonds is 7. The summed E-state index contributed by atoms with van der Waals surface area (Å²) >= 11 is 0. The zero-order valence-corrected chi connectivity index (χ0v) is 13.4. The first-order valence-electron chi connectivity index (χ1n) is 8.22. The number of aliphatic hydroxyl groups is 1. The SMILES string of the molecule is CCC(NCC1(CO)CCCCC1)c1ccccc1OC. The highest BCUT2D eigenvalue weighted by molar-refractivity contribution is 5.35. The van der Waals surface area contributed by atoms with E-state index >= 15 is 0 Å². The van der Waals surface area contributed by atoms with E-state index in [-0.39, 0.29) is 11.5 Å². The average Bonchev–Trinajstić information content (AvgIpc) is 2.56. The van der Waals surface area contributed by atoms with E-state index in [0.717, 1.165) is 31.6 Å². The Morgan fingerprint density at radius 1 is 1.24 bits per heavy atom. The monoisotopic (exact) mass is 291 g/mol. The molecule has 2 rings (SSSR count). The highest BCUT2D eigenvalue weighted by atomic mass is 16.5. The van der Waals surface area contributed by atoms with Crippen molar-refractivity contribution in [1.29, 1.82) is 0 Å². The van der Waals surface area contributed by atoms with Crippen molar-refractivity contribution in [3.63, 3.8) is 0 Å². The van der Waals surface area contributed by atoms with Gasteiger partial charge in [-0.1, -0.05) is 44.4 Å². The van der Waals surface area contributed by atoms with Gasteiger partial charge in [0.1, 0.15) is 5.75 Å². The molecule has 0 aromatic heterocycles. The maximum absolute atomic E-state index is 9.83. The van der Waals surface area contributed by atoms with Crippen molar-refractivity contribution < 1.29 is 9.84 Å². The highest BCUT2D eigenvalue weighted by Gasteiger charge is 2.32. The van der Waals surface area contributed by atoms with Crippen LogP contribution in [0.3, 0.4) is 0 Å². The molecule has 0 amide bonds. The normalized spacial score (nSPS) is 19.2. The van der Waals surface area contributed by atoms with Crippen molar-refractivity contribution in [1.82, 2.24) is 5.32 Å². The molecular weight excluding hydrogens is 262 g/mol. The number of nitrogens with one attached hydrogen (secondary N) is 1. The lowest BCUT2D eigenvalue weighted by atomic mass is 9.74. The van der Waals surface area contributed by atoms with Gasteiger partial charge in [-0.2, -0.15) is 0 Å². The lowest BCUT2D eigenvalue weighted by Crippen LogP contribution is -2.40. The van der Waals surface area contributed by atoms with Crippen molar-refractivity contribution in [3.8, 4) is 5.75 Å². The Hall–Kier alpha value is -1.06. The molecule has 1 aliphatic carbocycles. The van der Waals surface area contributed by atoms with Gasteiger partial charge in [0, 0.05) is 30.2 Å². The van der Waals surface area contributed by atoms with Crippen molar-refractivity contribution >= 4 is 0 Å². The number of aliphatic hydroxyl groups excluding tert-OH is 1. The summed E-state index contributed by atoms with van der Waals surface area (Å²) < 4.78 is 5.48.